The number of nitrogens with zero attached hydrogens (tertiary/aromatic N) is 3. The molecule has 0 spiro atoms. The number of aliphatic hydroxyl groups excluding tert-OH is 1. The minimum absolute atomic E-state index is 0.0312. The lowest BCUT2D eigenvalue weighted by molar-refractivity contribution is 0.0700. The van der Waals surface area contributed by atoms with E-state index in [-0.39, 0.29) is 17.2 Å². The zero-order chi connectivity index (χ0) is 20.1. The molecule has 0 bridgehead atoms. The normalized spacial score (nSPS) is 25.4. The van der Waals surface area contributed by atoms with Crippen molar-refractivity contribution in [3.8, 4) is 6.07 Å². The summed E-state index contributed by atoms with van der Waals surface area (Å²) in [5.74, 6) is 0. The van der Waals surface area contributed by atoms with Gasteiger partial charge in [0.25, 0.3) is 0 Å². The molecule has 3 atom stereocenters. The summed E-state index contributed by atoms with van der Waals surface area (Å²) in [6.45, 7) is 13.8. The SMILES string of the molecule is Cc1c(C2=NN3CC[C@H](O[Si](C)(C)C(C)(C)C)[C@H]3[C@@H]2O)ccc(C#N)c1Cl. The van der Waals surface area contributed by atoms with Gasteiger partial charge in [0, 0.05) is 12.1 Å². The molecule has 27 heavy (non-hydrogen) atoms. The van der Waals surface area contributed by atoms with Crippen molar-refractivity contribution in [3.63, 3.8) is 0 Å². The smallest absolute Gasteiger partial charge is 0.192 e. The maximum Gasteiger partial charge on any atom is 0.192 e. The fourth-order valence-corrected chi connectivity index (χ4v) is 5.13. The van der Waals surface area contributed by atoms with E-state index in [0.717, 1.165) is 24.1 Å². The molecule has 1 aromatic rings. The second kappa shape index (κ2) is 6.89. The fourth-order valence-electron chi connectivity index (χ4n) is 3.56. The molecule has 2 aliphatic rings. The van der Waals surface area contributed by atoms with Crippen molar-refractivity contribution in [2.75, 3.05) is 6.54 Å². The summed E-state index contributed by atoms with van der Waals surface area (Å²) < 4.78 is 6.62. The molecule has 1 N–H and O–H groups in total. The third kappa shape index (κ3) is 3.42. The molecule has 0 unspecified atom stereocenters. The predicted molar refractivity (Wildman–Crippen MR) is 111 cm³/mol. The van der Waals surface area contributed by atoms with Crippen LogP contribution in [0.5, 0.6) is 0 Å². The Bertz CT molecular complexity index is 826. The van der Waals surface area contributed by atoms with Gasteiger partial charge in [0.05, 0.1) is 22.4 Å². The molecular formula is C20H28ClN3O2Si. The van der Waals surface area contributed by atoms with Gasteiger partial charge in [0.15, 0.2) is 8.32 Å². The van der Waals surface area contributed by atoms with Crippen LogP contribution in [0.25, 0.3) is 0 Å². The first kappa shape index (κ1) is 20.3. The highest BCUT2D eigenvalue weighted by Crippen LogP contribution is 2.41. The quantitative estimate of drug-likeness (QED) is 0.769. The second-order valence-electron chi connectivity index (χ2n) is 9.00. The van der Waals surface area contributed by atoms with Gasteiger partial charge in [-0.1, -0.05) is 38.4 Å². The third-order valence-electron chi connectivity index (χ3n) is 6.24. The molecule has 3 rings (SSSR count). The fraction of sp³-hybridized carbons (Fsp3) is 0.600. The van der Waals surface area contributed by atoms with Gasteiger partial charge in [-0.2, -0.15) is 10.4 Å². The molecule has 0 aliphatic carbocycles. The van der Waals surface area contributed by atoms with Crippen LogP contribution in [0.15, 0.2) is 17.2 Å². The van der Waals surface area contributed by atoms with Crippen LogP contribution < -0.4 is 0 Å². The monoisotopic (exact) mass is 405 g/mol. The second-order valence-corrected chi connectivity index (χ2v) is 14.1. The number of hydrazone groups is 1. The van der Waals surface area contributed by atoms with E-state index in [4.69, 9.17) is 26.4 Å². The van der Waals surface area contributed by atoms with Gasteiger partial charge >= 0.3 is 0 Å². The van der Waals surface area contributed by atoms with E-state index < -0.39 is 14.4 Å². The van der Waals surface area contributed by atoms with Crippen LogP contribution in [0.3, 0.4) is 0 Å². The number of halogens is 1. The van der Waals surface area contributed by atoms with Crippen molar-refractivity contribution < 1.29 is 9.53 Å². The van der Waals surface area contributed by atoms with E-state index in [1.807, 2.05) is 18.0 Å². The number of fused-ring (bicyclic) bond motifs is 1. The Morgan fingerprint density at radius 3 is 2.63 bits per heavy atom. The standard InChI is InChI=1S/C20H28ClN3O2Si/c1-12-14(8-7-13(11-22)16(12)21)17-19(25)18-15(9-10-24(18)23-17)26-27(5,6)20(2,3)4/h7-8,15,18-19,25H,9-10H2,1-6H3/t15-,18-,19+/m0/s1. The van der Waals surface area contributed by atoms with E-state index in [1.165, 1.54) is 0 Å². The Balaban J connectivity index is 1.87. The summed E-state index contributed by atoms with van der Waals surface area (Å²) in [4.78, 5) is 0. The molecule has 7 heteroatoms. The number of benzene rings is 1. The number of hydrogen-bond acceptors (Lipinski definition) is 5. The highest BCUT2D eigenvalue weighted by atomic mass is 35.5. The van der Waals surface area contributed by atoms with Crippen LogP contribution in [0.1, 0.15) is 43.9 Å². The first-order valence-corrected chi connectivity index (χ1v) is 12.7. The van der Waals surface area contributed by atoms with Gasteiger partial charge in [-0.25, -0.2) is 0 Å². The molecule has 2 aliphatic heterocycles. The Kier molecular flexibility index (Phi) is 5.19. The molecule has 1 aromatic carbocycles. The molecule has 2 heterocycles. The lowest BCUT2D eigenvalue weighted by Crippen LogP contribution is -2.49. The van der Waals surface area contributed by atoms with Crippen LogP contribution in [0.4, 0.5) is 0 Å². The summed E-state index contributed by atoms with van der Waals surface area (Å²) in [5.41, 5.74) is 2.63. The van der Waals surface area contributed by atoms with E-state index in [0.29, 0.717) is 16.3 Å². The van der Waals surface area contributed by atoms with Crippen LogP contribution in [-0.4, -0.2) is 48.9 Å². The van der Waals surface area contributed by atoms with Crippen molar-refractivity contribution in [1.82, 2.24) is 5.01 Å². The van der Waals surface area contributed by atoms with Crippen LogP contribution in [0, 0.1) is 18.3 Å². The zero-order valence-corrected chi connectivity index (χ0v) is 18.6. The van der Waals surface area contributed by atoms with Crippen molar-refractivity contribution in [2.45, 2.75) is 70.5 Å². The van der Waals surface area contributed by atoms with E-state index in [1.54, 1.807) is 6.07 Å². The summed E-state index contributed by atoms with van der Waals surface area (Å²) in [6, 6.07) is 5.44. The van der Waals surface area contributed by atoms with E-state index >= 15 is 0 Å². The average molecular weight is 406 g/mol. The highest BCUT2D eigenvalue weighted by Gasteiger charge is 2.50. The van der Waals surface area contributed by atoms with Crippen molar-refractivity contribution in [2.24, 2.45) is 5.10 Å². The number of nitriles is 1. The minimum Gasteiger partial charge on any atom is -0.412 e. The minimum atomic E-state index is -1.94. The summed E-state index contributed by atoms with van der Waals surface area (Å²) in [6.07, 6.45) is 0.110. The maximum absolute atomic E-state index is 11.1. The summed E-state index contributed by atoms with van der Waals surface area (Å²) >= 11 is 6.32. The number of aliphatic hydroxyl groups is 1. The molecule has 1 fully saturated rings. The van der Waals surface area contributed by atoms with E-state index in [2.05, 4.69) is 39.9 Å². The molecule has 1 saturated heterocycles. The molecule has 0 amide bonds. The van der Waals surface area contributed by atoms with Gasteiger partial charge in [-0.3, -0.25) is 5.01 Å². The van der Waals surface area contributed by atoms with Crippen LogP contribution in [-0.2, 0) is 4.43 Å². The molecule has 146 valence electrons. The average Bonchev–Trinajstić information content (AvgIpc) is 3.10. The van der Waals surface area contributed by atoms with Gasteiger partial charge in [0.1, 0.15) is 18.2 Å². The predicted octanol–water partition coefficient (Wildman–Crippen LogP) is 4.06. The lowest BCUT2D eigenvalue weighted by Gasteiger charge is -2.40. The Morgan fingerprint density at radius 1 is 1.37 bits per heavy atom. The highest BCUT2D eigenvalue weighted by molar-refractivity contribution is 6.74. The van der Waals surface area contributed by atoms with Gasteiger partial charge in [-0.15, -0.1) is 0 Å². The van der Waals surface area contributed by atoms with Crippen molar-refractivity contribution >= 4 is 25.6 Å². The van der Waals surface area contributed by atoms with Gasteiger partial charge < -0.3 is 9.53 Å². The largest absolute Gasteiger partial charge is 0.412 e. The number of rotatable bonds is 3. The zero-order valence-electron chi connectivity index (χ0n) is 16.9. The first-order chi connectivity index (χ1) is 12.5. The van der Waals surface area contributed by atoms with Crippen molar-refractivity contribution in [3.05, 3.63) is 33.8 Å². The van der Waals surface area contributed by atoms with E-state index in [9.17, 15) is 5.11 Å². The number of hydrogen-bond donors (Lipinski definition) is 1. The van der Waals surface area contributed by atoms with Crippen LogP contribution in [0.2, 0.25) is 23.2 Å². The molecule has 5 nitrogen and oxygen atoms in total. The Morgan fingerprint density at radius 2 is 2.04 bits per heavy atom. The van der Waals surface area contributed by atoms with Crippen molar-refractivity contribution in [1.29, 1.82) is 5.26 Å². The van der Waals surface area contributed by atoms with Gasteiger partial charge in [0.2, 0.25) is 0 Å². The van der Waals surface area contributed by atoms with Gasteiger partial charge in [-0.05, 0) is 43.1 Å². The molecular weight excluding hydrogens is 378 g/mol. The summed E-state index contributed by atoms with van der Waals surface area (Å²) in [5, 5.41) is 27.4. The molecule has 0 aromatic heterocycles. The first-order valence-electron chi connectivity index (χ1n) is 9.38. The van der Waals surface area contributed by atoms with Crippen LogP contribution >= 0.6 is 11.6 Å². The maximum atomic E-state index is 11.1. The lowest BCUT2D eigenvalue weighted by atomic mass is 9.94. The Labute approximate surface area is 167 Å². The summed E-state index contributed by atoms with van der Waals surface area (Å²) in [7, 11) is -1.94. The molecule has 0 radical (unpaired) electrons. The molecule has 0 saturated carbocycles. The topological polar surface area (TPSA) is 68.8 Å². The third-order valence-corrected chi connectivity index (χ3v) is 11.2. The Hall–Kier alpha value is -1.39.